The van der Waals surface area contributed by atoms with E-state index >= 15 is 0 Å². The molecule has 0 spiro atoms. The molecular formula is C11H6F4N2. The molecule has 0 aliphatic rings. The molecule has 0 saturated carbocycles. The molecule has 0 atom stereocenters. The van der Waals surface area contributed by atoms with Crippen LogP contribution in [0.3, 0.4) is 0 Å². The Morgan fingerprint density at radius 1 is 1.00 bits per heavy atom. The molecule has 0 radical (unpaired) electrons. The number of hydrogen-bond acceptors (Lipinski definition) is 2. The molecule has 0 aromatic carbocycles. The molecule has 6 heteroatoms. The molecule has 0 bridgehead atoms. The monoisotopic (exact) mass is 242 g/mol. The molecule has 88 valence electrons. The summed E-state index contributed by atoms with van der Waals surface area (Å²) >= 11 is 0. The Bertz CT molecular complexity index is 520. The molecule has 0 fully saturated rings. The molecule has 2 heterocycles. The Labute approximate surface area is 94.0 Å². The van der Waals surface area contributed by atoms with Gasteiger partial charge in [-0.3, -0.25) is 9.97 Å². The van der Waals surface area contributed by atoms with Crippen molar-refractivity contribution in [3.05, 3.63) is 48.2 Å². The van der Waals surface area contributed by atoms with Crippen LogP contribution < -0.4 is 0 Å². The minimum absolute atomic E-state index is 0.243. The zero-order valence-electron chi connectivity index (χ0n) is 8.37. The van der Waals surface area contributed by atoms with E-state index in [2.05, 4.69) is 9.97 Å². The zero-order chi connectivity index (χ0) is 12.5. The topological polar surface area (TPSA) is 25.8 Å². The Hall–Kier alpha value is -1.98. The minimum atomic E-state index is -4.50. The van der Waals surface area contributed by atoms with Gasteiger partial charge < -0.3 is 0 Å². The highest BCUT2D eigenvalue weighted by Crippen LogP contribution is 2.29. The number of pyridine rings is 2. The maximum atomic E-state index is 12.6. The molecule has 2 nitrogen and oxygen atoms in total. The van der Waals surface area contributed by atoms with Crippen LogP contribution in [-0.4, -0.2) is 9.97 Å². The fraction of sp³-hybridized carbons (Fsp3) is 0.0909. The van der Waals surface area contributed by atoms with Crippen LogP contribution in [0.1, 0.15) is 5.69 Å². The molecule has 0 aliphatic heterocycles. The first-order chi connectivity index (χ1) is 7.97. The minimum Gasteiger partial charge on any atom is -0.253 e. The lowest BCUT2D eigenvalue weighted by Gasteiger charge is -2.07. The smallest absolute Gasteiger partial charge is 0.253 e. The predicted molar refractivity (Wildman–Crippen MR) is 52.4 cm³/mol. The van der Waals surface area contributed by atoms with Gasteiger partial charge in [-0.1, -0.05) is 0 Å². The molecule has 2 aromatic heterocycles. The maximum absolute atomic E-state index is 12.6. The van der Waals surface area contributed by atoms with Gasteiger partial charge in [0.05, 0.1) is 11.9 Å². The second-order valence-corrected chi connectivity index (χ2v) is 3.29. The number of nitrogens with zero attached hydrogens (tertiary/aromatic N) is 2. The van der Waals surface area contributed by atoms with Crippen LogP contribution in [0.4, 0.5) is 17.6 Å². The van der Waals surface area contributed by atoms with Gasteiger partial charge in [-0.05, 0) is 24.3 Å². The van der Waals surface area contributed by atoms with E-state index in [9.17, 15) is 17.6 Å². The standard InChI is InChI=1S/C11H6F4N2/c12-8-1-2-9(17-6-8)7-3-4-16-10(5-7)11(13,14)15/h1-6H. The van der Waals surface area contributed by atoms with Crippen molar-refractivity contribution in [3.63, 3.8) is 0 Å². The Morgan fingerprint density at radius 3 is 2.35 bits per heavy atom. The van der Waals surface area contributed by atoms with Crippen LogP contribution in [-0.2, 0) is 6.18 Å². The average molecular weight is 242 g/mol. The van der Waals surface area contributed by atoms with Crippen LogP contribution >= 0.6 is 0 Å². The molecule has 0 N–H and O–H groups in total. The predicted octanol–water partition coefficient (Wildman–Crippen LogP) is 3.30. The van der Waals surface area contributed by atoms with E-state index in [4.69, 9.17) is 0 Å². The fourth-order valence-corrected chi connectivity index (χ4v) is 1.29. The largest absolute Gasteiger partial charge is 0.433 e. The average Bonchev–Trinajstić information content (AvgIpc) is 2.29. The van der Waals surface area contributed by atoms with E-state index in [0.717, 1.165) is 24.5 Å². The third-order valence-electron chi connectivity index (χ3n) is 2.07. The molecule has 0 amide bonds. The third-order valence-corrected chi connectivity index (χ3v) is 2.07. The lowest BCUT2D eigenvalue weighted by Crippen LogP contribution is -2.07. The Kier molecular flexibility index (Phi) is 2.79. The van der Waals surface area contributed by atoms with Gasteiger partial charge in [0.1, 0.15) is 11.5 Å². The van der Waals surface area contributed by atoms with Gasteiger partial charge in [0.2, 0.25) is 0 Å². The first-order valence-corrected chi connectivity index (χ1v) is 4.62. The van der Waals surface area contributed by atoms with Crippen molar-refractivity contribution in [3.8, 4) is 11.3 Å². The molecule has 0 aliphatic carbocycles. The number of aromatic nitrogens is 2. The Morgan fingerprint density at radius 2 is 1.76 bits per heavy atom. The van der Waals surface area contributed by atoms with Crippen LogP contribution in [0.15, 0.2) is 36.7 Å². The normalized spacial score (nSPS) is 11.5. The van der Waals surface area contributed by atoms with Crippen LogP contribution in [0.5, 0.6) is 0 Å². The van der Waals surface area contributed by atoms with Gasteiger partial charge in [-0.25, -0.2) is 4.39 Å². The van der Waals surface area contributed by atoms with E-state index in [0.29, 0.717) is 0 Å². The van der Waals surface area contributed by atoms with Crippen molar-refractivity contribution >= 4 is 0 Å². The molecule has 0 saturated heterocycles. The second-order valence-electron chi connectivity index (χ2n) is 3.29. The highest BCUT2D eigenvalue weighted by molar-refractivity contribution is 5.58. The summed E-state index contributed by atoms with van der Waals surface area (Å²) in [5.41, 5.74) is -0.493. The summed E-state index contributed by atoms with van der Waals surface area (Å²) in [6.45, 7) is 0. The fourth-order valence-electron chi connectivity index (χ4n) is 1.29. The summed E-state index contributed by atoms with van der Waals surface area (Å²) in [7, 11) is 0. The van der Waals surface area contributed by atoms with Crippen LogP contribution in [0.25, 0.3) is 11.3 Å². The van der Waals surface area contributed by atoms with E-state index in [-0.39, 0.29) is 11.3 Å². The van der Waals surface area contributed by atoms with Gasteiger partial charge in [0.25, 0.3) is 0 Å². The highest BCUT2D eigenvalue weighted by Gasteiger charge is 2.32. The molecule has 2 aromatic rings. The summed E-state index contributed by atoms with van der Waals surface area (Å²) in [6, 6.07) is 4.70. The van der Waals surface area contributed by atoms with E-state index in [1.165, 1.54) is 12.1 Å². The zero-order valence-corrected chi connectivity index (χ0v) is 8.37. The van der Waals surface area contributed by atoms with Gasteiger partial charge in [0.15, 0.2) is 0 Å². The van der Waals surface area contributed by atoms with Gasteiger partial charge in [-0.15, -0.1) is 0 Å². The van der Waals surface area contributed by atoms with Gasteiger partial charge >= 0.3 is 6.18 Å². The Balaban J connectivity index is 2.43. The summed E-state index contributed by atoms with van der Waals surface area (Å²) in [6.07, 6.45) is -2.51. The van der Waals surface area contributed by atoms with E-state index in [1.807, 2.05) is 0 Å². The van der Waals surface area contributed by atoms with Crippen molar-refractivity contribution in [1.29, 1.82) is 0 Å². The summed E-state index contributed by atoms with van der Waals surface area (Å²) in [4.78, 5) is 6.93. The number of halogens is 4. The SMILES string of the molecule is Fc1ccc(-c2ccnc(C(F)(F)F)c2)nc1. The lowest BCUT2D eigenvalue weighted by atomic mass is 10.1. The van der Waals surface area contributed by atoms with Crippen molar-refractivity contribution in [2.24, 2.45) is 0 Å². The van der Waals surface area contributed by atoms with Crippen molar-refractivity contribution in [2.75, 3.05) is 0 Å². The third kappa shape index (κ3) is 2.58. The summed E-state index contributed by atoms with van der Waals surface area (Å²) < 4.78 is 49.8. The number of hydrogen-bond donors (Lipinski definition) is 0. The van der Waals surface area contributed by atoms with E-state index < -0.39 is 17.7 Å². The van der Waals surface area contributed by atoms with Crippen LogP contribution in [0, 0.1) is 5.82 Å². The van der Waals surface area contributed by atoms with Crippen molar-refractivity contribution < 1.29 is 17.6 Å². The molecule has 0 unspecified atom stereocenters. The lowest BCUT2D eigenvalue weighted by molar-refractivity contribution is -0.141. The van der Waals surface area contributed by atoms with Crippen molar-refractivity contribution in [2.45, 2.75) is 6.18 Å². The highest BCUT2D eigenvalue weighted by atomic mass is 19.4. The molecular weight excluding hydrogens is 236 g/mol. The van der Waals surface area contributed by atoms with Crippen LogP contribution in [0.2, 0.25) is 0 Å². The van der Waals surface area contributed by atoms with Gasteiger partial charge in [0, 0.05) is 11.8 Å². The summed E-state index contributed by atoms with van der Waals surface area (Å²) in [5, 5.41) is 0. The first-order valence-electron chi connectivity index (χ1n) is 4.62. The number of rotatable bonds is 1. The number of alkyl halides is 3. The van der Waals surface area contributed by atoms with Gasteiger partial charge in [-0.2, -0.15) is 13.2 Å². The van der Waals surface area contributed by atoms with E-state index in [1.54, 1.807) is 0 Å². The second kappa shape index (κ2) is 4.12. The quantitative estimate of drug-likeness (QED) is 0.717. The van der Waals surface area contributed by atoms with Crippen molar-refractivity contribution in [1.82, 2.24) is 9.97 Å². The maximum Gasteiger partial charge on any atom is 0.433 e. The molecule has 17 heavy (non-hydrogen) atoms. The first kappa shape index (κ1) is 11.5. The molecule has 2 rings (SSSR count). The summed E-state index contributed by atoms with van der Waals surface area (Å²) in [5.74, 6) is -0.543.